The molecular weight excluding hydrogens is 274 g/mol. The standard InChI is InChI=1S/C14H9N3O2S/c15-8-9-3-5-10(6-4-9)17-13(18)12(16-14(17)19)11-2-1-7-20-11/h1-7,12H,(H,16,19). The van der Waals surface area contributed by atoms with Gasteiger partial charge in [0.05, 0.1) is 17.3 Å². The van der Waals surface area contributed by atoms with Crippen LogP contribution in [0.1, 0.15) is 16.5 Å². The number of amides is 3. The van der Waals surface area contributed by atoms with E-state index in [9.17, 15) is 9.59 Å². The Labute approximate surface area is 119 Å². The number of imide groups is 1. The minimum atomic E-state index is -0.627. The number of hydrogen-bond acceptors (Lipinski definition) is 4. The maximum absolute atomic E-state index is 12.4. The first kappa shape index (κ1) is 12.4. The number of nitrogens with one attached hydrogen (secondary N) is 1. The number of anilines is 1. The zero-order valence-electron chi connectivity index (χ0n) is 10.2. The third-order valence-electron chi connectivity index (χ3n) is 3.02. The van der Waals surface area contributed by atoms with E-state index in [4.69, 9.17) is 5.26 Å². The lowest BCUT2D eigenvalue weighted by Gasteiger charge is -2.12. The van der Waals surface area contributed by atoms with Crippen LogP contribution in [-0.2, 0) is 4.79 Å². The Morgan fingerprint density at radius 2 is 1.95 bits per heavy atom. The molecule has 1 unspecified atom stereocenters. The third-order valence-corrected chi connectivity index (χ3v) is 3.96. The fraction of sp³-hybridized carbons (Fsp3) is 0.0714. The molecule has 1 saturated heterocycles. The Balaban J connectivity index is 1.92. The predicted octanol–water partition coefficient (Wildman–Crippen LogP) is 2.42. The van der Waals surface area contributed by atoms with Crippen LogP contribution in [0.4, 0.5) is 10.5 Å². The summed E-state index contributed by atoms with van der Waals surface area (Å²) in [6.45, 7) is 0. The van der Waals surface area contributed by atoms with Crippen molar-refractivity contribution in [2.45, 2.75) is 6.04 Å². The van der Waals surface area contributed by atoms with Crippen molar-refractivity contribution in [2.24, 2.45) is 0 Å². The molecule has 6 heteroatoms. The van der Waals surface area contributed by atoms with Crippen LogP contribution in [0, 0.1) is 11.3 Å². The Kier molecular flexibility index (Phi) is 2.97. The smallest absolute Gasteiger partial charge is 0.321 e. The molecule has 3 amide bonds. The van der Waals surface area contributed by atoms with Crippen molar-refractivity contribution in [3.8, 4) is 6.07 Å². The molecule has 1 fully saturated rings. The molecule has 1 aromatic heterocycles. The maximum atomic E-state index is 12.4. The molecule has 1 aliphatic rings. The van der Waals surface area contributed by atoms with E-state index in [1.807, 2.05) is 23.6 Å². The molecule has 1 atom stereocenters. The van der Waals surface area contributed by atoms with E-state index >= 15 is 0 Å². The summed E-state index contributed by atoms with van der Waals surface area (Å²) in [7, 11) is 0. The van der Waals surface area contributed by atoms with Gasteiger partial charge < -0.3 is 5.32 Å². The summed E-state index contributed by atoms with van der Waals surface area (Å²) >= 11 is 1.42. The number of thiophene rings is 1. The van der Waals surface area contributed by atoms with Crippen LogP contribution >= 0.6 is 11.3 Å². The molecule has 3 rings (SSSR count). The van der Waals surface area contributed by atoms with Gasteiger partial charge >= 0.3 is 6.03 Å². The van der Waals surface area contributed by atoms with Crippen LogP contribution in [0.25, 0.3) is 0 Å². The monoisotopic (exact) mass is 283 g/mol. The number of rotatable bonds is 2. The minimum Gasteiger partial charge on any atom is -0.321 e. The summed E-state index contributed by atoms with van der Waals surface area (Å²) in [4.78, 5) is 26.2. The summed E-state index contributed by atoms with van der Waals surface area (Å²) in [5, 5.41) is 13.3. The van der Waals surface area contributed by atoms with Crippen molar-refractivity contribution in [3.63, 3.8) is 0 Å². The lowest BCUT2D eigenvalue weighted by Crippen LogP contribution is -2.30. The van der Waals surface area contributed by atoms with Crippen LogP contribution in [0.2, 0.25) is 0 Å². The molecule has 0 radical (unpaired) electrons. The van der Waals surface area contributed by atoms with E-state index in [1.165, 1.54) is 11.3 Å². The van der Waals surface area contributed by atoms with Gasteiger partial charge in [-0.25, -0.2) is 9.69 Å². The van der Waals surface area contributed by atoms with E-state index in [0.29, 0.717) is 11.3 Å². The topological polar surface area (TPSA) is 73.2 Å². The third kappa shape index (κ3) is 1.94. The molecule has 0 saturated carbocycles. The van der Waals surface area contributed by atoms with Crippen LogP contribution in [0.3, 0.4) is 0 Å². The lowest BCUT2D eigenvalue weighted by molar-refractivity contribution is -0.118. The first-order chi connectivity index (χ1) is 9.70. The molecule has 5 nitrogen and oxygen atoms in total. The molecule has 1 aliphatic heterocycles. The average Bonchev–Trinajstić information content (AvgIpc) is 3.07. The molecule has 0 spiro atoms. The number of carbonyl (C=O) groups is 2. The molecule has 98 valence electrons. The van der Waals surface area contributed by atoms with E-state index < -0.39 is 12.1 Å². The Bertz CT molecular complexity index is 701. The van der Waals surface area contributed by atoms with Crippen molar-refractivity contribution >= 4 is 29.0 Å². The predicted molar refractivity (Wildman–Crippen MR) is 74.2 cm³/mol. The number of nitriles is 1. The van der Waals surface area contributed by atoms with Gasteiger partial charge in [-0.05, 0) is 35.7 Å². The Morgan fingerprint density at radius 3 is 2.55 bits per heavy atom. The van der Waals surface area contributed by atoms with Gasteiger partial charge in [-0.1, -0.05) is 6.07 Å². The van der Waals surface area contributed by atoms with Crippen LogP contribution in [-0.4, -0.2) is 11.9 Å². The molecule has 20 heavy (non-hydrogen) atoms. The van der Waals surface area contributed by atoms with Crippen LogP contribution in [0.15, 0.2) is 41.8 Å². The summed E-state index contributed by atoms with van der Waals surface area (Å²) in [5.41, 5.74) is 0.946. The fourth-order valence-electron chi connectivity index (χ4n) is 2.06. The van der Waals surface area contributed by atoms with Crippen molar-refractivity contribution in [3.05, 3.63) is 52.2 Å². The summed E-state index contributed by atoms with van der Waals surface area (Å²) < 4.78 is 0. The van der Waals surface area contributed by atoms with Crippen LogP contribution in [0.5, 0.6) is 0 Å². The number of benzene rings is 1. The fourth-order valence-corrected chi connectivity index (χ4v) is 2.82. The second-order valence-electron chi connectivity index (χ2n) is 4.23. The van der Waals surface area contributed by atoms with Gasteiger partial charge in [-0.15, -0.1) is 11.3 Å². The average molecular weight is 283 g/mol. The zero-order chi connectivity index (χ0) is 14.1. The molecule has 1 N–H and O–H groups in total. The number of nitrogens with zero attached hydrogens (tertiary/aromatic N) is 2. The summed E-state index contributed by atoms with van der Waals surface area (Å²) in [6.07, 6.45) is 0. The first-order valence-corrected chi connectivity index (χ1v) is 6.76. The van der Waals surface area contributed by atoms with Crippen molar-refractivity contribution in [1.29, 1.82) is 5.26 Å². The highest BCUT2D eigenvalue weighted by Crippen LogP contribution is 2.29. The van der Waals surface area contributed by atoms with E-state index in [0.717, 1.165) is 9.78 Å². The van der Waals surface area contributed by atoms with Crippen molar-refractivity contribution < 1.29 is 9.59 Å². The molecule has 2 aromatic rings. The Hall–Kier alpha value is -2.65. The minimum absolute atomic E-state index is 0.304. The van der Waals surface area contributed by atoms with Gasteiger partial charge in [0.2, 0.25) is 0 Å². The molecule has 0 aliphatic carbocycles. The maximum Gasteiger partial charge on any atom is 0.329 e. The van der Waals surface area contributed by atoms with Gasteiger partial charge in [0.15, 0.2) is 0 Å². The number of urea groups is 1. The lowest BCUT2D eigenvalue weighted by atomic mass is 10.2. The molecule has 2 heterocycles. The largest absolute Gasteiger partial charge is 0.329 e. The molecule has 1 aromatic carbocycles. The summed E-state index contributed by atoms with van der Waals surface area (Å²) in [6, 6.07) is 10.9. The molecular formula is C14H9N3O2S. The number of hydrogen-bond donors (Lipinski definition) is 1. The first-order valence-electron chi connectivity index (χ1n) is 5.89. The van der Waals surface area contributed by atoms with Crippen molar-refractivity contribution in [2.75, 3.05) is 4.90 Å². The van der Waals surface area contributed by atoms with Gasteiger partial charge in [-0.3, -0.25) is 4.79 Å². The molecule has 0 bridgehead atoms. The highest BCUT2D eigenvalue weighted by atomic mass is 32.1. The SMILES string of the molecule is N#Cc1ccc(N2C(=O)NC(c3cccs3)C2=O)cc1. The second-order valence-corrected chi connectivity index (χ2v) is 5.21. The van der Waals surface area contributed by atoms with E-state index in [1.54, 1.807) is 24.3 Å². The normalized spacial score (nSPS) is 17.9. The van der Waals surface area contributed by atoms with Gasteiger partial charge in [0.25, 0.3) is 5.91 Å². The zero-order valence-corrected chi connectivity index (χ0v) is 11.1. The van der Waals surface area contributed by atoms with Gasteiger partial charge in [0, 0.05) is 4.88 Å². The van der Waals surface area contributed by atoms with Gasteiger partial charge in [0.1, 0.15) is 6.04 Å². The van der Waals surface area contributed by atoms with Gasteiger partial charge in [-0.2, -0.15) is 5.26 Å². The van der Waals surface area contributed by atoms with E-state index in [2.05, 4.69) is 5.32 Å². The van der Waals surface area contributed by atoms with Crippen molar-refractivity contribution in [1.82, 2.24) is 5.32 Å². The summed E-state index contributed by atoms with van der Waals surface area (Å²) in [5.74, 6) is -0.304. The quantitative estimate of drug-likeness (QED) is 0.860. The van der Waals surface area contributed by atoms with Crippen LogP contribution < -0.4 is 10.2 Å². The highest BCUT2D eigenvalue weighted by molar-refractivity contribution is 7.10. The second kappa shape index (κ2) is 4.79. The highest BCUT2D eigenvalue weighted by Gasteiger charge is 2.40. The Morgan fingerprint density at radius 1 is 1.20 bits per heavy atom. The number of carbonyl (C=O) groups excluding carboxylic acids is 2. The van der Waals surface area contributed by atoms with E-state index in [-0.39, 0.29) is 5.91 Å².